The van der Waals surface area contributed by atoms with Crippen LogP contribution >= 0.6 is 23.1 Å². The Morgan fingerprint density at radius 2 is 1.63 bits per heavy atom. The molecule has 3 amide bonds. The topological polar surface area (TPSA) is 109 Å². The van der Waals surface area contributed by atoms with Gasteiger partial charge in [0, 0.05) is 27.1 Å². The summed E-state index contributed by atoms with van der Waals surface area (Å²) in [6.45, 7) is 3.76. The minimum atomic E-state index is -0.461. The number of carbonyl (C=O) groups excluding carboxylic acids is 3. The zero-order chi connectivity index (χ0) is 32.5. The van der Waals surface area contributed by atoms with Crippen molar-refractivity contribution >= 4 is 57.7 Å². The van der Waals surface area contributed by atoms with Crippen LogP contribution in [0, 0.1) is 6.92 Å². The number of amides is 3. The summed E-state index contributed by atoms with van der Waals surface area (Å²) < 4.78 is 5.29. The maximum absolute atomic E-state index is 13.4. The number of nitrogens with zero attached hydrogens (tertiary/aromatic N) is 1. The van der Waals surface area contributed by atoms with Crippen LogP contribution in [0.2, 0.25) is 0 Å². The second kappa shape index (κ2) is 15.2. The average molecular weight is 649 g/mol. The SMILES string of the molecule is COc1cccc(-c2csc(NC(=O)C(C)Sc3ccc(NC(=O)/C(=C/c4ccccc4C)NC(=O)c4ccccc4)cc3)n2)c1. The van der Waals surface area contributed by atoms with Crippen LogP contribution in [0.3, 0.4) is 0 Å². The highest BCUT2D eigenvalue weighted by atomic mass is 32.2. The monoisotopic (exact) mass is 648 g/mol. The number of methoxy groups -OCH3 is 1. The first-order valence-electron chi connectivity index (χ1n) is 14.4. The van der Waals surface area contributed by atoms with Crippen LogP contribution in [0.15, 0.2) is 119 Å². The number of aromatic nitrogens is 1. The van der Waals surface area contributed by atoms with E-state index in [4.69, 9.17) is 4.74 Å². The van der Waals surface area contributed by atoms with E-state index in [0.717, 1.165) is 33.0 Å². The maximum Gasteiger partial charge on any atom is 0.272 e. The van der Waals surface area contributed by atoms with Crippen molar-refractivity contribution in [3.8, 4) is 17.0 Å². The molecule has 0 aliphatic rings. The average Bonchev–Trinajstić information content (AvgIpc) is 3.55. The molecule has 4 aromatic carbocycles. The van der Waals surface area contributed by atoms with Crippen molar-refractivity contribution in [2.75, 3.05) is 17.7 Å². The number of nitrogens with one attached hydrogen (secondary N) is 3. The number of hydrogen-bond donors (Lipinski definition) is 3. The highest BCUT2D eigenvalue weighted by molar-refractivity contribution is 8.00. The highest BCUT2D eigenvalue weighted by Gasteiger charge is 2.18. The van der Waals surface area contributed by atoms with Crippen molar-refractivity contribution in [1.82, 2.24) is 10.3 Å². The molecule has 0 aliphatic heterocycles. The van der Waals surface area contributed by atoms with Gasteiger partial charge in [-0.15, -0.1) is 23.1 Å². The lowest BCUT2D eigenvalue weighted by Gasteiger charge is -2.13. The third-order valence-electron chi connectivity index (χ3n) is 6.91. The largest absolute Gasteiger partial charge is 0.497 e. The fourth-order valence-electron chi connectivity index (χ4n) is 4.37. The third kappa shape index (κ3) is 8.50. The van der Waals surface area contributed by atoms with Gasteiger partial charge in [-0.05, 0) is 79.6 Å². The van der Waals surface area contributed by atoms with Crippen LogP contribution in [0.4, 0.5) is 10.8 Å². The van der Waals surface area contributed by atoms with Crippen molar-refractivity contribution in [3.05, 3.63) is 131 Å². The normalized spacial score (nSPS) is 11.8. The molecule has 46 heavy (non-hydrogen) atoms. The van der Waals surface area contributed by atoms with Crippen molar-refractivity contribution in [2.24, 2.45) is 0 Å². The Bertz CT molecular complexity index is 1870. The summed E-state index contributed by atoms with van der Waals surface area (Å²) in [6.07, 6.45) is 1.66. The van der Waals surface area contributed by atoms with E-state index < -0.39 is 11.2 Å². The van der Waals surface area contributed by atoms with Gasteiger partial charge in [0.25, 0.3) is 11.8 Å². The molecule has 0 saturated carbocycles. The maximum atomic E-state index is 13.4. The molecular formula is C36H32N4O4S2. The van der Waals surface area contributed by atoms with Gasteiger partial charge in [0.05, 0.1) is 18.1 Å². The second-order valence-corrected chi connectivity index (χ2v) is 12.5. The van der Waals surface area contributed by atoms with E-state index in [2.05, 4.69) is 20.9 Å². The van der Waals surface area contributed by atoms with Gasteiger partial charge in [0.15, 0.2) is 5.13 Å². The number of aryl methyl sites for hydroxylation is 1. The first-order chi connectivity index (χ1) is 22.3. The number of carbonyl (C=O) groups is 3. The summed E-state index contributed by atoms with van der Waals surface area (Å²) in [7, 11) is 1.62. The molecule has 1 unspecified atom stereocenters. The summed E-state index contributed by atoms with van der Waals surface area (Å²) in [4.78, 5) is 44.6. The van der Waals surface area contributed by atoms with Crippen molar-refractivity contribution in [3.63, 3.8) is 0 Å². The number of ether oxygens (including phenoxy) is 1. The fourth-order valence-corrected chi connectivity index (χ4v) is 5.96. The quantitative estimate of drug-likeness (QED) is 0.100. The van der Waals surface area contributed by atoms with Gasteiger partial charge in [0.2, 0.25) is 5.91 Å². The van der Waals surface area contributed by atoms with E-state index >= 15 is 0 Å². The van der Waals surface area contributed by atoms with Gasteiger partial charge in [0.1, 0.15) is 11.4 Å². The minimum absolute atomic E-state index is 0.114. The van der Waals surface area contributed by atoms with E-state index in [9.17, 15) is 14.4 Å². The lowest BCUT2D eigenvalue weighted by atomic mass is 10.1. The molecule has 0 fully saturated rings. The lowest BCUT2D eigenvalue weighted by Crippen LogP contribution is -2.30. The molecule has 8 nitrogen and oxygen atoms in total. The minimum Gasteiger partial charge on any atom is -0.497 e. The molecule has 5 rings (SSSR count). The van der Waals surface area contributed by atoms with E-state index in [-0.39, 0.29) is 17.5 Å². The molecule has 0 bridgehead atoms. The molecule has 5 aromatic rings. The lowest BCUT2D eigenvalue weighted by molar-refractivity contribution is -0.115. The first-order valence-corrected chi connectivity index (χ1v) is 16.2. The van der Waals surface area contributed by atoms with Crippen LogP contribution in [0.25, 0.3) is 17.3 Å². The predicted octanol–water partition coefficient (Wildman–Crippen LogP) is 7.66. The molecule has 232 valence electrons. The van der Waals surface area contributed by atoms with E-state index in [1.165, 1.54) is 23.1 Å². The molecule has 1 heterocycles. The van der Waals surface area contributed by atoms with E-state index in [1.54, 1.807) is 49.6 Å². The molecule has 0 aliphatic carbocycles. The van der Waals surface area contributed by atoms with Crippen LogP contribution in [-0.4, -0.2) is 35.1 Å². The van der Waals surface area contributed by atoms with Gasteiger partial charge in [-0.2, -0.15) is 0 Å². The van der Waals surface area contributed by atoms with Crippen LogP contribution in [0.1, 0.15) is 28.4 Å². The van der Waals surface area contributed by atoms with Gasteiger partial charge >= 0.3 is 0 Å². The van der Waals surface area contributed by atoms with Crippen LogP contribution in [-0.2, 0) is 9.59 Å². The van der Waals surface area contributed by atoms with Gasteiger partial charge in [-0.1, -0.05) is 54.6 Å². The van der Waals surface area contributed by atoms with Gasteiger partial charge in [-0.25, -0.2) is 4.98 Å². The Labute approximate surface area is 275 Å². The molecule has 3 N–H and O–H groups in total. The van der Waals surface area contributed by atoms with Crippen molar-refractivity contribution in [2.45, 2.75) is 24.0 Å². The molecule has 0 spiro atoms. The molecule has 0 radical (unpaired) electrons. The number of rotatable bonds is 11. The van der Waals surface area contributed by atoms with E-state index in [1.807, 2.05) is 86.0 Å². The summed E-state index contributed by atoms with van der Waals surface area (Å²) in [6, 6.07) is 31.1. The molecule has 0 saturated heterocycles. The standard InChI is InChI=1S/C36H32N4O4S2/c1-23-10-7-8-13-26(23)21-31(38-34(42)25-11-5-4-6-12-25)35(43)37-28-16-18-30(19-17-28)46-24(2)33(41)40-36-39-32(22-45-36)27-14-9-15-29(20-27)44-3/h4-22,24H,1-3H3,(H,37,43)(H,38,42)(H,39,40,41)/b31-21-. The zero-order valence-electron chi connectivity index (χ0n) is 25.4. The zero-order valence-corrected chi connectivity index (χ0v) is 27.1. The first kappa shape index (κ1) is 32.2. The Hall–Kier alpha value is -5.19. The number of anilines is 2. The Kier molecular flexibility index (Phi) is 10.6. The number of benzene rings is 4. The summed E-state index contributed by atoms with van der Waals surface area (Å²) in [5.74, 6) is -0.281. The summed E-state index contributed by atoms with van der Waals surface area (Å²) in [5, 5.41) is 10.5. The number of thiazole rings is 1. The molecule has 10 heteroatoms. The molecular weight excluding hydrogens is 617 g/mol. The Balaban J connectivity index is 1.21. The van der Waals surface area contributed by atoms with Crippen molar-refractivity contribution in [1.29, 1.82) is 0 Å². The number of hydrogen-bond acceptors (Lipinski definition) is 7. The Morgan fingerprint density at radius 1 is 0.891 bits per heavy atom. The Morgan fingerprint density at radius 3 is 2.37 bits per heavy atom. The molecule has 1 atom stereocenters. The second-order valence-electron chi connectivity index (χ2n) is 10.2. The summed E-state index contributed by atoms with van der Waals surface area (Å²) in [5.41, 5.74) is 4.55. The smallest absolute Gasteiger partial charge is 0.272 e. The van der Waals surface area contributed by atoms with Crippen LogP contribution < -0.4 is 20.7 Å². The summed E-state index contributed by atoms with van der Waals surface area (Å²) >= 11 is 2.75. The molecule has 1 aromatic heterocycles. The third-order valence-corrected chi connectivity index (χ3v) is 8.78. The number of thioether (sulfide) groups is 1. The van der Waals surface area contributed by atoms with Gasteiger partial charge in [-0.3, -0.25) is 14.4 Å². The van der Waals surface area contributed by atoms with Crippen LogP contribution in [0.5, 0.6) is 5.75 Å². The highest BCUT2D eigenvalue weighted by Crippen LogP contribution is 2.29. The van der Waals surface area contributed by atoms with E-state index in [0.29, 0.717) is 16.4 Å². The predicted molar refractivity (Wildman–Crippen MR) is 186 cm³/mol. The van der Waals surface area contributed by atoms with Crippen molar-refractivity contribution < 1.29 is 19.1 Å². The van der Waals surface area contributed by atoms with Gasteiger partial charge < -0.3 is 20.7 Å². The fraction of sp³-hybridized carbons (Fsp3) is 0.111.